The molecule has 1 saturated heterocycles. The highest BCUT2D eigenvalue weighted by Gasteiger charge is 2.56. The van der Waals surface area contributed by atoms with Gasteiger partial charge in [0.1, 0.15) is 5.60 Å². The first-order chi connectivity index (χ1) is 15.0. The van der Waals surface area contributed by atoms with Crippen molar-refractivity contribution in [2.75, 3.05) is 10.2 Å². The van der Waals surface area contributed by atoms with Crippen LogP contribution in [-0.4, -0.2) is 45.3 Å². The van der Waals surface area contributed by atoms with Crippen molar-refractivity contribution in [1.82, 2.24) is 15.3 Å². The van der Waals surface area contributed by atoms with Crippen LogP contribution in [0.2, 0.25) is 5.02 Å². The largest absolute Gasteiger partial charge is 0.441 e. The van der Waals surface area contributed by atoms with E-state index in [-0.39, 0.29) is 17.8 Å². The smallest absolute Gasteiger partial charge is 0.416 e. The number of aromatic nitrogens is 2. The molecule has 2 aromatic rings. The van der Waals surface area contributed by atoms with Crippen LogP contribution in [0, 0.1) is 5.82 Å². The van der Waals surface area contributed by atoms with Crippen molar-refractivity contribution < 1.29 is 18.8 Å². The standard InChI is InChI=1S/C21H24ClFN6O3/c1-11(17-26-15(28-32-17)12-6-8-13(22)9-7-12)25-18-24-10-14(23)16(27-18)29-19(30)31-21(4,5)20(29,2)3/h6-11,17H,1-5H3,(H,26,28)(H,24,25,27)/t11-,17?/m0/s1. The van der Waals surface area contributed by atoms with Crippen molar-refractivity contribution in [2.24, 2.45) is 5.16 Å². The van der Waals surface area contributed by atoms with Gasteiger partial charge >= 0.3 is 6.09 Å². The van der Waals surface area contributed by atoms with E-state index in [1.54, 1.807) is 39.8 Å². The van der Waals surface area contributed by atoms with Crippen molar-refractivity contribution in [1.29, 1.82) is 0 Å². The summed E-state index contributed by atoms with van der Waals surface area (Å²) in [6, 6.07) is 6.82. The number of amides is 1. The lowest BCUT2D eigenvalue weighted by atomic mass is 9.85. The predicted octanol–water partition coefficient (Wildman–Crippen LogP) is 3.89. The molecule has 4 rings (SSSR count). The van der Waals surface area contributed by atoms with Crippen LogP contribution in [0.5, 0.6) is 0 Å². The van der Waals surface area contributed by atoms with Gasteiger partial charge in [0, 0.05) is 10.6 Å². The first-order valence-corrected chi connectivity index (χ1v) is 10.5. The second-order valence-electron chi connectivity index (χ2n) is 8.69. The van der Waals surface area contributed by atoms with E-state index < -0.39 is 29.3 Å². The number of benzene rings is 1. The number of halogens is 2. The summed E-state index contributed by atoms with van der Waals surface area (Å²) in [5.41, 5.74) is -0.847. The Morgan fingerprint density at radius 2 is 1.94 bits per heavy atom. The molecule has 2 N–H and O–H groups in total. The van der Waals surface area contributed by atoms with Crippen LogP contribution < -0.4 is 15.5 Å². The number of anilines is 2. The third kappa shape index (κ3) is 3.79. The van der Waals surface area contributed by atoms with Gasteiger partial charge in [0.2, 0.25) is 12.2 Å². The quantitative estimate of drug-likeness (QED) is 0.695. The molecule has 0 aliphatic carbocycles. The molecule has 0 bridgehead atoms. The van der Waals surface area contributed by atoms with Gasteiger partial charge in [0.05, 0.1) is 17.8 Å². The van der Waals surface area contributed by atoms with Crippen LogP contribution in [-0.2, 0) is 9.57 Å². The number of oxime groups is 1. The van der Waals surface area contributed by atoms with Gasteiger partial charge in [-0.1, -0.05) is 16.8 Å². The first kappa shape index (κ1) is 22.1. The molecule has 0 spiro atoms. The van der Waals surface area contributed by atoms with E-state index in [0.29, 0.717) is 10.9 Å². The van der Waals surface area contributed by atoms with Crippen LogP contribution in [0.1, 0.15) is 40.2 Å². The molecule has 3 heterocycles. The number of nitrogens with one attached hydrogen (secondary N) is 2. The van der Waals surface area contributed by atoms with Gasteiger partial charge in [-0.3, -0.25) is 0 Å². The number of cyclic esters (lactones) is 1. The summed E-state index contributed by atoms with van der Waals surface area (Å²) in [6.45, 7) is 8.96. The lowest BCUT2D eigenvalue weighted by molar-refractivity contribution is 0.0458. The van der Waals surface area contributed by atoms with Crippen LogP contribution >= 0.6 is 11.6 Å². The molecule has 0 radical (unpaired) electrons. The Morgan fingerprint density at radius 1 is 1.25 bits per heavy atom. The fourth-order valence-electron chi connectivity index (χ4n) is 3.36. The molecule has 0 saturated carbocycles. The molecule has 1 aromatic heterocycles. The van der Waals surface area contributed by atoms with Crippen molar-refractivity contribution in [3.05, 3.63) is 46.9 Å². The summed E-state index contributed by atoms with van der Waals surface area (Å²) in [4.78, 5) is 27.5. The normalized spacial score (nSPS) is 22.0. The summed E-state index contributed by atoms with van der Waals surface area (Å²) in [6.07, 6.45) is -0.173. The van der Waals surface area contributed by atoms with Crippen LogP contribution in [0.15, 0.2) is 35.6 Å². The Balaban J connectivity index is 1.49. The lowest BCUT2D eigenvalue weighted by Crippen LogP contribution is -2.52. The van der Waals surface area contributed by atoms with E-state index >= 15 is 0 Å². The number of hydrogen-bond acceptors (Lipinski definition) is 8. The number of carbonyl (C=O) groups excluding carboxylic acids is 1. The highest BCUT2D eigenvalue weighted by molar-refractivity contribution is 6.30. The summed E-state index contributed by atoms with van der Waals surface area (Å²) in [5, 5.41) is 10.9. The minimum absolute atomic E-state index is 0.132. The number of hydrogen-bond donors (Lipinski definition) is 2. The third-order valence-corrected chi connectivity index (χ3v) is 6.21. The van der Waals surface area contributed by atoms with Crippen molar-refractivity contribution in [3.63, 3.8) is 0 Å². The summed E-state index contributed by atoms with van der Waals surface area (Å²) >= 11 is 5.93. The van der Waals surface area contributed by atoms with Gasteiger partial charge < -0.3 is 20.2 Å². The SMILES string of the molecule is C[C@H](Nc1ncc(F)c(N2C(=O)OC(C)(C)C2(C)C)n1)C1NC(c2ccc(Cl)cc2)=NO1. The molecule has 170 valence electrons. The summed E-state index contributed by atoms with van der Waals surface area (Å²) in [5.74, 6) is -0.194. The predicted molar refractivity (Wildman–Crippen MR) is 118 cm³/mol. The molecular formula is C21H24ClFN6O3. The minimum atomic E-state index is -0.834. The molecule has 1 amide bonds. The molecule has 11 heteroatoms. The topological polar surface area (TPSA) is 101 Å². The number of rotatable bonds is 5. The summed E-state index contributed by atoms with van der Waals surface area (Å²) in [7, 11) is 0. The van der Waals surface area contributed by atoms with Gasteiger partial charge in [-0.2, -0.15) is 4.98 Å². The van der Waals surface area contributed by atoms with E-state index in [2.05, 4.69) is 25.8 Å². The van der Waals surface area contributed by atoms with E-state index in [4.69, 9.17) is 21.2 Å². The number of amidine groups is 1. The van der Waals surface area contributed by atoms with Crippen molar-refractivity contribution >= 4 is 35.3 Å². The van der Waals surface area contributed by atoms with E-state index in [1.807, 2.05) is 19.1 Å². The number of nitrogens with zero attached hydrogens (tertiary/aromatic N) is 4. The van der Waals surface area contributed by atoms with Crippen LogP contribution in [0.4, 0.5) is 21.0 Å². The Kier molecular flexibility index (Phi) is 5.36. The first-order valence-electron chi connectivity index (χ1n) is 10.1. The van der Waals surface area contributed by atoms with E-state index in [9.17, 15) is 9.18 Å². The molecule has 9 nitrogen and oxygen atoms in total. The van der Waals surface area contributed by atoms with Crippen molar-refractivity contribution in [2.45, 2.75) is 58.0 Å². The Labute approximate surface area is 189 Å². The lowest BCUT2D eigenvalue weighted by Gasteiger charge is -2.36. The second-order valence-corrected chi connectivity index (χ2v) is 9.12. The van der Waals surface area contributed by atoms with Gasteiger partial charge in [-0.05, 0) is 58.9 Å². The molecule has 2 aliphatic rings. The fraction of sp³-hybridized carbons (Fsp3) is 0.429. The average Bonchev–Trinajstić information content (AvgIpc) is 3.26. The second kappa shape index (κ2) is 7.77. The third-order valence-electron chi connectivity index (χ3n) is 5.96. The van der Waals surface area contributed by atoms with Gasteiger partial charge in [-0.15, -0.1) is 0 Å². The Morgan fingerprint density at radius 3 is 2.56 bits per heavy atom. The van der Waals surface area contributed by atoms with Crippen LogP contribution in [0.25, 0.3) is 0 Å². The van der Waals surface area contributed by atoms with E-state index in [0.717, 1.165) is 11.8 Å². The maximum atomic E-state index is 14.6. The summed E-state index contributed by atoms with van der Waals surface area (Å²) < 4.78 is 20.1. The zero-order valence-electron chi connectivity index (χ0n) is 18.3. The maximum absolute atomic E-state index is 14.6. The molecular weight excluding hydrogens is 439 g/mol. The Bertz CT molecular complexity index is 1080. The van der Waals surface area contributed by atoms with Gasteiger partial charge in [-0.25, -0.2) is 19.1 Å². The molecule has 1 fully saturated rings. The zero-order valence-corrected chi connectivity index (χ0v) is 19.1. The highest BCUT2D eigenvalue weighted by atomic mass is 35.5. The van der Waals surface area contributed by atoms with Crippen molar-refractivity contribution in [3.8, 4) is 0 Å². The van der Waals surface area contributed by atoms with E-state index in [1.165, 1.54) is 4.90 Å². The minimum Gasteiger partial charge on any atom is -0.441 e. The molecule has 1 aromatic carbocycles. The Hall–Kier alpha value is -3.14. The van der Waals surface area contributed by atoms with Gasteiger partial charge in [0.25, 0.3) is 0 Å². The number of carbonyl (C=O) groups is 1. The molecule has 2 atom stereocenters. The number of ether oxygens (including phenoxy) is 1. The highest BCUT2D eigenvalue weighted by Crippen LogP contribution is 2.41. The zero-order chi connectivity index (χ0) is 23.3. The molecule has 1 unspecified atom stereocenters. The maximum Gasteiger partial charge on any atom is 0.416 e. The van der Waals surface area contributed by atoms with Gasteiger partial charge in [0.15, 0.2) is 17.5 Å². The van der Waals surface area contributed by atoms with Crippen LogP contribution in [0.3, 0.4) is 0 Å². The fourth-order valence-corrected chi connectivity index (χ4v) is 3.48. The monoisotopic (exact) mass is 462 g/mol. The molecule has 32 heavy (non-hydrogen) atoms. The molecule has 2 aliphatic heterocycles. The average molecular weight is 463 g/mol.